The van der Waals surface area contributed by atoms with Gasteiger partial charge in [0.25, 0.3) is 0 Å². The second-order valence-electron chi connectivity index (χ2n) is 3.57. The third kappa shape index (κ3) is 3.51. The van der Waals surface area contributed by atoms with Crippen molar-refractivity contribution in [1.29, 1.82) is 0 Å². The van der Waals surface area contributed by atoms with Gasteiger partial charge in [-0.15, -0.1) is 0 Å². The van der Waals surface area contributed by atoms with Crippen molar-refractivity contribution in [2.75, 3.05) is 7.11 Å². The van der Waals surface area contributed by atoms with Gasteiger partial charge in [-0.05, 0) is 17.2 Å². The monoisotopic (exact) mass is 250 g/mol. The predicted octanol–water partition coefficient (Wildman–Crippen LogP) is 0.466. The first-order chi connectivity index (χ1) is 8.60. The Kier molecular flexibility index (Phi) is 5.23. The van der Waals surface area contributed by atoms with E-state index in [4.69, 9.17) is 0 Å². The summed E-state index contributed by atoms with van der Waals surface area (Å²) in [5.74, 6) is -0.896. The average molecular weight is 250 g/mol. The van der Waals surface area contributed by atoms with Gasteiger partial charge < -0.3 is 14.9 Å². The number of benzene rings is 1. The molecule has 0 radical (unpaired) electrons. The van der Waals surface area contributed by atoms with Crippen molar-refractivity contribution in [3.05, 3.63) is 41.5 Å². The number of hydrogen-bond acceptors (Lipinski definition) is 5. The number of aldehydes is 1. The molecule has 96 valence electrons. The van der Waals surface area contributed by atoms with Crippen LogP contribution in [0, 0.1) is 0 Å². The molecule has 2 N–H and O–H groups in total. The Morgan fingerprint density at radius 2 is 1.89 bits per heavy atom. The Morgan fingerprint density at radius 1 is 1.28 bits per heavy atom. The quantitative estimate of drug-likeness (QED) is 0.451. The molecule has 5 nitrogen and oxygen atoms in total. The molecule has 2 atom stereocenters. The molecule has 0 aliphatic heterocycles. The highest BCUT2D eigenvalue weighted by Crippen LogP contribution is 2.18. The Hall–Kier alpha value is -1.98. The van der Waals surface area contributed by atoms with Crippen molar-refractivity contribution in [3.8, 4) is 0 Å². The number of carbonyl (C=O) groups is 2. The second-order valence-corrected chi connectivity index (χ2v) is 3.57. The molecule has 0 saturated heterocycles. The molecule has 1 aromatic rings. The summed E-state index contributed by atoms with van der Waals surface area (Å²) in [5, 5.41) is 19.2. The van der Waals surface area contributed by atoms with E-state index < -0.39 is 18.2 Å². The van der Waals surface area contributed by atoms with Crippen LogP contribution in [0.4, 0.5) is 0 Å². The van der Waals surface area contributed by atoms with Crippen molar-refractivity contribution < 1.29 is 24.5 Å². The number of esters is 1. The number of hydrogen-bond donors (Lipinski definition) is 2. The van der Waals surface area contributed by atoms with E-state index in [0.29, 0.717) is 11.8 Å². The van der Waals surface area contributed by atoms with Gasteiger partial charge in [0.15, 0.2) is 6.10 Å². The van der Waals surface area contributed by atoms with Crippen molar-refractivity contribution in [2.24, 2.45) is 0 Å². The van der Waals surface area contributed by atoms with E-state index in [-0.39, 0.29) is 0 Å². The summed E-state index contributed by atoms with van der Waals surface area (Å²) in [6.07, 6.45) is 0.631. The first-order valence-corrected chi connectivity index (χ1v) is 5.26. The molecular formula is C13H14O5. The van der Waals surface area contributed by atoms with Crippen LogP contribution in [-0.4, -0.2) is 35.7 Å². The highest BCUT2D eigenvalue weighted by molar-refractivity contribution is 5.75. The molecule has 0 saturated carbocycles. The number of allylic oxidation sites excluding steroid dienone is 1. The Morgan fingerprint density at radius 3 is 2.39 bits per heavy atom. The van der Waals surface area contributed by atoms with Crippen LogP contribution in [-0.2, 0) is 14.3 Å². The zero-order chi connectivity index (χ0) is 13.5. The third-order valence-corrected chi connectivity index (χ3v) is 2.39. The van der Waals surface area contributed by atoms with Gasteiger partial charge in [0, 0.05) is 0 Å². The molecule has 0 aliphatic carbocycles. The maximum atomic E-state index is 11.1. The molecule has 0 bridgehead atoms. The standard InChI is InChI=1S/C13H14O5/c1-18-13(17)12(16)11(15)10-6-4-9(5-7-10)3-2-8-14/h2-8,11-12,15-16H,1H3/b3-2+. The molecule has 0 spiro atoms. The molecule has 0 fully saturated rings. The predicted molar refractivity (Wildman–Crippen MR) is 64.5 cm³/mol. The minimum absolute atomic E-state index is 0.385. The Balaban J connectivity index is 2.81. The maximum absolute atomic E-state index is 11.1. The molecule has 2 unspecified atom stereocenters. The van der Waals surface area contributed by atoms with Gasteiger partial charge in [-0.1, -0.05) is 30.3 Å². The SMILES string of the molecule is COC(=O)C(O)C(O)c1ccc(/C=C/C=O)cc1. The summed E-state index contributed by atoms with van der Waals surface area (Å²) < 4.78 is 4.33. The highest BCUT2D eigenvalue weighted by Gasteiger charge is 2.26. The van der Waals surface area contributed by atoms with Gasteiger partial charge >= 0.3 is 5.97 Å². The maximum Gasteiger partial charge on any atom is 0.337 e. The highest BCUT2D eigenvalue weighted by atomic mass is 16.5. The van der Waals surface area contributed by atoms with Gasteiger partial charge in [-0.2, -0.15) is 0 Å². The summed E-state index contributed by atoms with van der Waals surface area (Å²) in [7, 11) is 1.13. The van der Waals surface area contributed by atoms with Crippen molar-refractivity contribution in [3.63, 3.8) is 0 Å². The molecule has 1 rings (SSSR count). The minimum Gasteiger partial charge on any atom is -0.467 e. The van der Waals surface area contributed by atoms with E-state index in [0.717, 1.165) is 12.7 Å². The first-order valence-electron chi connectivity index (χ1n) is 5.26. The van der Waals surface area contributed by atoms with Crippen LogP contribution >= 0.6 is 0 Å². The smallest absolute Gasteiger partial charge is 0.337 e. The molecule has 5 heteroatoms. The van der Waals surface area contributed by atoms with E-state index >= 15 is 0 Å². The largest absolute Gasteiger partial charge is 0.467 e. The van der Waals surface area contributed by atoms with Crippen LogP contribution in [0.15, 0.2) is 30.3 Å². The fourth-order valence-corrected chi connectivity index (χ4v) is 1.39. The van der Waals surface area contributed by atoms with E-state index in [1.54, 1.807) is 30.3 Å². The van der Waals surface area contributed by atoms with Gasteiger partial charge in [0.1, 0.15) is 12.4 Å². The van der Waals surface area contributed by atoms with E-state index in [1.165, 1.54) is 6.08 Å². The number of aliphatic hydroxyl groups is 2. The summed E-state index contributed by atoms with van der Waals surface area (Å²) >= 11 is 0. The van der Waals surface area contributed by atoms with Gasteiger partial charge in [0.2, 0.25) is 0 Å². The number of carbonyl (C=O) groups excluding carboxylic acids is 2. The van der Waals surface area contributed by atoms with Crippen LogP contribution in [0.2, 0.25) is 0 Å². The number of rotatable bonds is 5. The lowest BCUT2D eigenvalue weighted by atomic mass is 10.0. The zero-order valence-corrected chi connectivity index (χ0v) is 9.82. The molecule has 18 heavy (non-hydrogen) atoms. The van der Waals surface area contributed by atoms with Gasteiger partial charge in [-0.3, -0.25) is 4.79 Å². The minimum atomic E-state index is -1.62. The lowest BCUT2D eigenvalue weighted by Crippen LogP contribution is -2.28. The Bertz CT molecular complexity index is 435. The lowest BCUT2D eigenvalue weighted by molar-refractivity contribution is -0.156. The van der Waals surface area contributed by atoms with Crippen LogP contribution in [0.5, 0.6) is 0 Å². The topological polar surface area (TPSA) is 83.8 Å². The van der Waals surface area contributed by atoms with Crippen LogP contribution in [0.3, 0.4) is 0 Å². The molecule has 0 amide bonds. The van der Waals surface area contributed by atoms with Crippen LogP contribution in [0.25, 0.3) is 6.08 Å². The van der Waals surface area contributed by atoms with Crippen molar-refractivity contribution >= 4 is 18.3 Å². The first kappa shape index (κ1) is 14.1. The number of ether oxygens (including phenoxy) is 1. The fourth-order valence-electron chi connectivity index (χ4n) is 1.39. The summed E-state index contributed by atoms with van der Waals surface area (Å²) in [6.45, 7) is 0. The number of aliphatic hydroxyl groups excluding tert-OH is 2. The molecular weight excluding hydrogens is 236 g/mol. The third-order valence-electron chi connectivity index (χ3n) is 2.39. The summed E-state index contributed by atoms with van der Waals surface area (Å²) in [4.78, 5) is 21.2. The van der Waals surface area contributed by atoms with Crippen molar-refractivity contribution in [2.45, 2.75) is 12.2 Å². The average Bonchev–Trinajstić information content (AvgIpc) is 2.43. The van der Waals surface area contributed by atoms with Crippen molar-refractivity contribution in [1.82, 2.24) is 0 Å². The zero-order valence-electron chi connectivity index (χ0n) is 9.82. The Labute approximate surface area is 104 Å². The van der Waals surface area contributed by atoms with E-state index in [1.807, 2.05) is 0 Å². The van der Waals surface area contributed by atoms with Gasteiger partial charge in [0.05, 0.1) is 7.11 Å². The van der Waals surface area contributed by atoms with E-state index in [9.17, 15) is 19.8 Å². The van der Waals surface area contributed by atoms with Crippen LogP contribution < -0.4 is 0 Å². The van der Waals surface area contributed by atoms with Gasteiger partial charge in [-0.25, -0.2) is 4.79 Å². The molecule has 1 aromatic carbocycles. The second kappa shape index (κ2) is 6.68. The number of methoxy groups -OCH3 is 1. The molecule has 0 aromatic heterocycles. The van der Waals surface area contributed by atoms with E-state index in [2.05, 4.69) is 4.74 Å². The molecule has 0 aliphatic rings. The summed E-state index contributed by atoms with van der Waals surface area (Å²) in [6, 6.07) is 6.42. The lowest BCUT2D eigenvalue weighted by Gasteiger charge is -2.15. The molecule has 0 heterocycles. The fraction of sp³-hybridized carbons (Fsp3) is 0.231. The summed E-state index contributed by atoms with van der Waals surface area (Å²) in [5.41, 5.74) is 1.15. The normalized spacial score (nSPS) is 14.2. The van der Waals surface area contributed by atoms with Crippen LogP contribution in [0.1, 0.15) is 17.2 Å².